The standard InChI is InChI=1S/C36H86O11Si8/c1-48(2,3)37-25-27-30(43-51(10,11)12)32(45-53(16,17)18)34(46-54(19,20)21)35(39-27)41-33-31(44-52(13,14)15)29(42-50(7,8)9)28(26-38-49(4,5)6)40-36(33)47-55(22,23)24/h27-36H,25-26H2,1-24H3/t27-,28-,29-,30+,31-,32+,33+,34-,35+,36+/m0/s1. The quantitative estimate of drug-likeness (QED) is 0.109. The zero-order chi connectivity index (χ0) is 43.0. The molecular weight excluding hydrogens is 833 g/mol. The fraction of sp³-hybridized carbons (Fsp3) is 1.00. The maximum atomic E-state index is 7.43. The summed E-state index contributed by atoms with van der Waals surface area (Å²) < 4.78 is 77.4. The molecule has 0 spiro atoms. The summed E-state index contributed by atoms with van der Waals surface area (Å²) in [5.74, 6) is 0. The number of hydrogen-bond acceptors (Lipinski definition) is 11. The first kappa shape index (κ1) is 52.4. The molecule has 0 N–H and O–H groups in total. The first-order valence-corrected chi connectivity index (χ1v) is 47.8. The maximum absolute atomic E-state index is 7.43. The third-order valence-corrected chi connectivity index (χ3v) is 15.7. The van der Waals surface area contributed by atoms with Crippen molar-refractivity contribution in [2.75, 3.05) is 13.2 Å². The van der Waals surface area contributed by atoms with Gasteiger partial charge in [-0.25, -0.2) is 0 Å². The Hall–Kier alpha value is 1.30. The van der Waals surface area contributed by atoms with Gasteiger partial charge in [-0.3, -0.25) is 0 Å². The van der Waals surface area contributed by atoms with Crippen LogP contribution in [0.25, 0.3) is 0 Å². The zero-order valence-corrected chi connectivity index (χ0v) is 47.7. The normalized spacial score (nSPS) is 31.2. The highest BCUT2D eigenvalue weighted by Crippen LogP contribution is 2.39. The van der Waals surface area contributed by atoms with E-state index in [0.29, 0.717) is 13.2 Å². The van der Waals surface area contributed by atoms with E-state index in [1.165, 1.54) is 0 Å². The van der Waals surface area contributed by atoms with Crippen molar-refractivity contribution >= 4 is 66.5 Å². The van der Waals surface area contributed by atoms with Crippen molar-refractivity contribution in [2.24, 2.45) is 0 Å². The molecule has 0 aromatic heterocycles. The van der Waals surface area contributed by atoms with Crippen molar-refractivity contribution in [1.29, 1.82) is 0 Å². The first-order chi connectivity index (χ1) is 24.2. The van der Waals surface area contributed by atoms with Crippen molar-refractivity contribution in [3.63, 3.8) is 0 Å². The SMILES string of the molecule is C[Si](C)(C)OC[C@@H]1O[C@H](O[Si](C)(C)C)[C@H](O[C@H]2O[C@@H](CO[Si](C)(C)C)[C@@H](O[Si](C)(C)C)[C@@H](O[Si](C)(C)C)[C@@H]2O[Si](C)(C)C)[C@@H](O[Si](C)(C)C)[C@H]1O[Si](C)(C)C. The third kappa shape index (κ3) is 20.6. The van der Waals surface area contributed by atoms with Crippen molar-refractivity contribution in [3.05, 3.63) is 0 Å². The van der Waals surface area contributed by atoms with Crippen LogP contribution < -0.4 is 0 Å². The minimum absolute atomic E-state index is 0.359. The van der Waals surface area contributed by atoms with E-state index in [0.717, 1.165) is 0 Å². The van der Waals surface area contributed by atoms with Crippen molar-refractivity contribution < 1.29 is 49.6 Å². The number of rotatable bonds is 20. The fourth-order valence-corrected chi connectivity index (χ4v) is 13.9. The lowest BCUT2D eigenvalue weighted by Crippen LogP contribution is -2.70. The van der Waals surface area contributed by atoms with Crippen LogP contribution in [0.5, 0.6) is 0 Å². The molecule has 2 saturated heterocycles. The van der Waals surface area contributed by atoms with E-state index >= 15 is 0 Å². The van der Waals surface area contributed by atoms with Gasteiger partial charge in [-0.1, -0.05) is 0 Å². The summed E-state index contributed by atoms with van der Waals surface area (Å²) in [6.07, 6.45) is -5.64. The van der Waals surface area contributed by atoms with Crippen molar-refractivity contribution in [1.82, 2.24) is 0 Å². The molecule has 10 atom stereocenters. The topological polar surface area (TPSA) is 102 Å². The highest BCUT2D eigenvalue weighted by molar-refractivity contribution is 6.72. The molecule has 328 valence electrons. The van der Waals surface area contributed by atoms with Gasteiger partial charge in [0.25, 0.3) is 0 Å². The summed E-state index contributed by atoms with van der Waals surface area (Å²) in [5.41, 5.74) is 0. The second kappa shape index (κ2) is 19.1. The van der Waals surface area contributed by atoms with Crippen molar-refractivity contribution in [3.8, 4) is 0 Å². The van der Waals surface area contributed by atoms with Crippen LogP contribution in [0.2, 0.25) is 157 Å². The molecule has 0 radical (unpaired) electrons. The lowest BCUT2D eigenvalue weighted by Gasteiger charge is -2.54. The van der Waals surface area contributed by atoms with E-state index in [9.17, 15) is 0 Å². The maximum Gasteiger partial charge on any atom is 0.187 e. The molecule has 0 amide bonds. The van der Waals surface area contributed by atoms with Gasteiger partial charge in [-0.05, 0) is 157 Å². The molecule has 2 aliphatic heterocycles. The first-order valence-electron chi connectivity index (χ1n) is 20.5. The average Bonchev–Trinajstić information content (AvgIpc) is 2.87. The Kier molecular flexibility index (Phi) is 18.2. The van der Waals surface area contributed by atoms with Gasteiger partial charge in [0, 0.05) is 0 Å². The van der Waals surface area contributed by atoms with Crippen LogP contribution in [-0.4, -0.2) is 141 Å². The Morgan fingerprint density at radius 2 is 0.564 bits per heavy atom. The summed E-state index contributed by atoms with van der Waals surface area (Å²) in [7, 11) is -17.0. The molecule has 2 rings (SSSR count). The van der Waals surface area contributed by atoms with E-state index in [4.69, 9.17) is 49.6 Å². The van der Waals surface area contributed by atoms with Gasteiger partial charge in [0.05, 0.1) is 13.2 Å². The molecule has 0 bridgehead atoms. The van der Waals surface area contributed by atoms with Crippen LogP contribution in [0.4, 0.5) is 0 Å². The monoisotopic (exact) mass is 918 g/mol. The van der Waals surface area contributed by atoms with Crippen LogP contribution in [0, 0.1) is 0 Å². The minimum atomic E-state index is -2.23. The third-order valence-electron chi connectivity index (χ3n) is 7.75. The number of hydrogen-bond donors (Lipinski definition) is 0. The predicted octanol–water partition coefficient (Wildman–Crippen LogP) is 9.48. The van der Waals surface area contributed by atoms with Gasteiger partial charge in [0.15, 0.2) is 79.1 Å². The molecule has 2 heterocycles. The molecule has 0 unspecified atom stereocenters. The average molecular weight is 920 g/mol. The molecule has 0 saturated carbocycles. The molecule has 19 heteroatoms. The summed E-state index contributed by atoms with van der Waals surface area (Å²) in [6, 6.07) is 0. The molecule has 0 aliphatic carbocycles. The summed E-state index contributed by atoms with van der Waals surface area (Å²) >= 11 is 0. The molecule has 2 fully saturated rings. The van der Waals surface area contributed by atoms with E-state index in [2.05, 4.69) is 157 Å². The van der Waals surface area contributed by atoms with Gasteiger partial charge < -0.3 is 49.6 Å². The van der Waals surface area contributed by atoms with E-state index < -0.39 is 128 Å². The van der Waals surface area contributed by atoms with E-state index in [1.807, 2.05) is 0 Å². The van der Waals surface area contributed by atoms with Crippen LogP contribution in [0.3, 0.4) is 0 Å². The summed E-state index contributed by atoms with van der Waals surface area (Å²) in [5, 5.41) is 0. The molecule has 2 aliphatic rings. The number of ether oxygens (including phenoxy) is 3. The van der Waals surface area contributed by atoms with Crippen molar-refractivity contribution in [2.45, 2.75) is 219 Å². The zero-order valence-electron chi connectivity index (χ0n) is 39.7. The molecule has 55 heavy (non-hydrogen) atoms. The second-order valence-corrected chi connectivity index (χ2v) is 59.0. The van der Waals surface area contributed by atoms with Crippen LogP contribution in [-0.2, 0) is 49.6 Å². The van der Waals surface area contributed by atoms with Gasteiger partial charge in [0.2, 0.25) is 0 Å². The van der Waals surface area contributed by atoms with Gasteiger partial charge in [-0.2, -0.15) is 0 Å². The molecule has 11 nitrogen and oxygen atoms in total. The molecule has 0 aromatic rings. The van der Waals surface area contributed by atoms with Gasteiger partial charge in [-0.15, -0.1) is 0 Å². The highest BCUT2D eigenvalue weighted by atomic mass is 28.4. The Morgan fingerprint density at radius 1 is 0.291 bits per heavy atom. The van der Waals surface area contributed by atoms with Crippen LogP contribution >= 0.6 is 0 Å². The van der Waals surface area contributed by atoms with E-state index in [-0.39, 0.29) is 0 Å². The Labute approximate surface area is 346 Å². The van der Waals surface area contributed by atoms with Crippen LogP contribution in [0.15, 0.2) is 0 Å². The largest absolute Gasteiger partial charge is 0.415 e. The van der Waals surface area contributed by atoms with Crippen LogP contribution in [0.1, 0.15) is 0 Å². The summed E-state index contributed by atoms with van der Waals surface area (Å²) in [4.78, 5) is 0. The Bertz CT molecular complexity index is 1180. The molecular formula is C36H86O11Si8. The van der Waals surface area contributed by atoms with E-state index in [1.54, 1.807) is 0 Å². The smallest absolute Gasteiger partial charge is 0.187 e. The molecule has 0 aromatic carbocycles. The second-order valence-electron chi connectivity index (χ2n) is 23.2. The van der Waals surface area contributed by atoms with Gasteiger partial charge in [0.1, 0.15) is 48.8 Å². The highest BCUT2D eigenvalue weighted by Gasteiger charge is 2.57. The lowest BCUT2D eigenvalue weighted by atomic mass is 9.97. The summed E-state index contributed by atoms with van der Waals surface area (Å²) in [6.45, 7) is 53.6. The predicted molar refractivity (Wildman–Crippen MR) is 246 cm³/mol. The Morgan fingerprint density at radius 3 is 0.873 bits per heavy atom. The Balaban J connectivity index is 2.91. The fourth-order valence-electron chi connectivity index (χ4n) is 6.26. The lowest BCUT2D eigenvalue weighted by molar-refractivity contribution is -0.351. The minimum Gasteiger partial charge on any atom is -0.415 e. The van der Waals surface area contributed by atoms with Gasteiger partial charge >= 0.3 is 0 Å².